The van der Waals surface area contributed by atoms with Crippen LogP contribution >= 0.6 is 11.3 Å². The summed E-state index contributed by atoms with van der Waals surface area (Å²) in [6, 6.07) is 17.6. The van der Waals surface area contributed by atoms with Gasteiger partial charge in [-0.15, -0.1) is 11.3 Å². The minimum Gasteiger partial charge on any atom is -0.298 e. The van der Waals surface area contributed by atoms with Crippen LogP contribution in [0.1, 0.15) is 21.5 Å². The number of anilines is 1. The van der Waals surface area contributed by atoms with Crippen molar-refractivity contribution in [2.24, 2.45) is 0 Å². The minimum absolute atomic E-state index is 0.174. The van der Waals surface area contributed by atoms with Gasteiger partial charge in [0.25, 0.3) is 5.91 Å². The summed E-state index contributed by atoms with van der Waals surface area (Å²) in [4.78, 5) is 21.2. The summed E-state index contributed by atoms with van der Waals surface area (Å²) in [5.74, 6) is -0.346. The Morgan fingerprint density at radius 3 is 2.45 bits per heavy atom. The number of nitrogens with one attached hydrogen (secondary N) is 1. The molecule has 1 N–H and O–H groups in total. The average molecular weight is 477 g/mol. The third-order valence-corrected chi connectivity index (χ3v) is 8.17. The van der Waals surface area contributed by atoms with Crippen LogP contribution in [0.4, 0.5) is 5.13 Å². The van der Waals surface area contributed by atoms with E-state index < -0.39 is 10.0 Å². The Labute approximate surface area is 195 Å². The number of carbonyl (C=O) groups excluding carboxylic acids is 1. The number of pyridine rings is 1. The molecule has 2 aromatic heterocycles. The first kappa shape index (κ1) is 21.4. The summed E-state index contributed by atoms with van der Waals surface area (Å²) in [5, 5.41) is 5.10. The molecule has 7 nitrogen and oxygen atoms in total. The lowest BCUT2D eigenvalue weighted by Crippen LogP contribution is -2.35. The molecule has 1 aliphatic heterocycles. The van der Waals surface area contributed by atoms with Crippen molar-refractivity contribution in [2.75, 3.05) is 11.9 Å². The van der Waals surface area contributed by atoms with Crippen LogP contribution in [-0.4, -0.2) is 35.1 Å². The molecule has 1 aliphatic rings. The molecule has 166 valence electrons. The second-order valence-electron chi connectivity index (χ2n) is 7.61. The first-order valence-electron chi connectivity index (χ1n) is 10.3. The van der Waals surface area contributed by atoms with Crippen molar-refractivity contribution in [1.82, 2.24) is 14.3 Å². The number of carbonyl (C=O) groups is 1. The Kier molecular flexibility index (Phi) is 5.76. The van der Waals surface area contributed by atoms with Crippen molar-refractivity contribution in [2.45, 2.75) is 17.9 Å². The Morgan fingerprint density at radius 2 is 1.70 bits per heavy atom. The van der Waals surface area contributed by atoms with E-state index in [0.29, 0.717) is 30.2 Å². The largest absolute Gasteiger partial charge is 0.298 e. The zero-order chi connectivity index (χ0) is 22.8. The summed E-state index contributed by atoms with van der Waals surface area (Å²) in [6.07, 6.45) is 4.06. The first-order chi connectivity index (χ1) is 16.0. The maximum Gasteiger partial charge on any atom is 0.257 e. The number of hydrogen-bond donors (Lipinski definition) is 1. The van der Waals surface area contributed by atoms with Crippen LogP contribution in [0.3, 0.4) is 0 Å². The maximum absolute atomic E-state index is 13.1. The lowest BCUT2D eigenvalue weighted by molar-refractivity contribution is 0.102. The fourth-order valence-corrected chi connectivity index (χ4v) is 5.89. The smallest absolute Gasteiger partial charge is 0.257 e. The Hall–Kier alpha value is -3.40. The van der Waals surface area contributed by atoms with Gasteiger partial charge in [0.05, 0.1) is 10.6 Å². The monoisotopic (exact) mass is 476 g/mol. The molecule has 0 saturated heterocycles. The molecule has 33 heavy (non-hydrogen) atoms. The van der Waals surface area contributed by atoms with Crippen LogP contribution in [0.5, 0.6) is 0 Å². The Balaban J connectivity index is 1.28. The normalized spacial score (nSPS) is 13.9. The number of benzene rings is 2. The Morgan fingerprint density at radius 1 is 0.970 bits per heavy atom. The quantitative estimate of drug-likeness (QED) is 0.466. The minimum atomic E-state index is -3.65. The van der Waals surface area contributed by atoms with Gasteiger partial charge in [-0.25, -0.2) is 13.4 Å². The third kappa shape index (κ3) is 4.43. The first-order valence-corrected chi connectivity index (χ1v) is 12.7. The van der Waals surface area contributed by atoms with Gasteiger partial charge in [0, 0.05) is 42.0 Å². The van der Waals surface area contributed by atoms with Crippen molar-refractivity contribution >= 4 is 32.4 Å². The molecule has 1 amide bonds. The fourth-order valence-electron chi connectivity index (χ4n) is 3.76. The van der Waals surface area contributed by atoms with Gasteiger partial charge in [0.15, 0.2) is 5.13 Å². The summed E-state index contributed by atoms with van der Waals surface area (Å²) < 4.78 is 27.7. The number of thiazole rings is 1. The number of aromatic nitrogens is 2. The topological polar surface area (TPSA) is 92.3 Å². The molecule has 0 unspecified atom stereocenters. The van der Waals surface area contributed by atoms with Crippen molar-refractivity contribution in [1.29, 1.82) is 0 Å². The molecule has 0 spiro atoms. The van der Waals surface area contributed by atoms with Gasteiger partial charge in [-0.1, -0.05) is 24.3 Å². The SMILES string of the molecule is O=C(Nc1nc(-c2ccncc2)cs1)c1ccc(S(=O)(=O)N2CCc3ccccc3C2)cc1. The summed E-state index contributed by atoms with van der Waals surface area (Å²) >= 11 is 1.32. The second-order valence-corrected chi connectivity index (χ2v) is 10.4. The van der Waals surface area contributed by atoms with Gasteiger partial charge < -0.3 is 0 Å². The van der Waals surface area contributed by atoms with Crippen molar-refractivity contribution in [3.63, 3.8) is 0 Å². The number of rotatable bonds is 5. The molecular weight excluding hydrogens is 456 g/mol. The van der Waals surface area contributed by atoms with Crippen LogP contribution in [0, 0.1) is 0 Å². The lowest BCUT2D eigenvalue weighted by atomic mass is 10.0. The molecule has 0 atom stereocenters. The van der Waals surface area contributed by atoms with E-state index in [1.54, 1.807) is 12.4 Å². The van der Waals surface area contributed by atoms with Crippen LogP contribution in [0.15, 0.2) is 83.3 Å². The van der Waals surface area contributed by atoms with Gasteiger partial charge in [-0.05, 0) is 53.9 Å². The number of sulfonamides is 1. The highest BCUT2D eigenvalue weighted by molar-refractivity contribution is 7.89. The molecule has 0 fully saturated rings. The lowest BCUT2D eigenvalue weighted by Gasteiger charge is -2.28. The van der Waals surface area contributed by atoms with Crippen molar-refractivity contribution in [3.8, 4) is 11.3 Å². The van der Waals surface area contributed by atoms with E-state index in [-0.39, 0.29) is 10.8 Å². The van der Waals surface area contributed by atoms with Gasteiger partial charge in [-0.2, -0.15) is 4.31 Å². The number of nitrogens with zero attached hydrogens (tertiary/aromatic N) is 3. The molecule has 5 rings (SSSR count). The van der Waals surface area contributed by atoms with Gasteiger partial charge in [-0.3, -0.25) is 15.1 Å². The van der Waals surface area contributed by atoms with Crippen LogP contribution < -0.4 is 5.32 Å². The van der Waals surface area contributed by atoms with E-state index in [1.807, 2.05) is 41.8 Å². The predicted molar refractivity (Wildman–Crippen MR) is 127 cm³/mol. The van der Waals surface area contributed by atoms with Crippen molar-refractivity contribution < 1.29 is 13.2 Å². The molecule has 3 heterocycles. The molecule has 0 saturated carbocycles. The van der Waals surface area contributed by atoms with Crippen LogP contribution in [0.2, 0.25) is 0 Å². The number of hydrogen-bond acceptors (Lipinski definition) is 6. The second kappa shape index (κ2) is 8.86. The van der Waals surface area contributed by atoms with Crippen LogP contribution in [-0.2, 0) is 23.0 Å². The highest BCUT2D eigenvalue weighted by Gasteiger charge is 2.28. The highest BCUT2D eigenvalue weighted by Crippen LogP contribution is 2.26. The highest BCUT2D eigenvalue weighted by atomic mass is 32.2. The maximum atomic E-state index is 13.1. The van der Waals surface area contributed by atoms with Crippen LogP contribution in [0.25, 0.3) is 11.3 Å². The average Bonchev–Trinajstić information content (AvgIpc) is 3.33. The van der Waals surface area contributed by atoms with E-state index in [0.717, 1.165) is 16.8 Å². The number of amides is 1. The van der Waals surface area contributed by atoms with Gasteiger partial charge in [0.1, 0.15) is 0 Å². The van der Waals surface area contributed by atoms with E-state index in [2.05, 4.69) is 15.3 Å². The molecule has 0 aliphatic carbocycles. The fraction of sp³-hybridized carbons (Fsp3) is 0.125. The van der Waals surface area contributed by atoms with E-state index in [9.17, 15) is 13.2 Å². The zero-order valence-electron chi connectivity index (χ0n) is 17.5. The standard InChI is InChI=1S/C24H20N4O3S2/c29-23(27-24-26-22(16-32-24)18-9-12-25-13-10-18)19-5-7-21(8-6-19)33(30,31)28-14-11-17-3-1-2-4-20(17)15-28/h1-10,12-13,16H,11,14-15H2,(H,26,27,29). The predicted octanol–water partition coefficient (Wildman–Crippen LogP) is 4.20. The summed E-state index contributed by atoms with van der Waals surface area (Å²) in [5.41, 5.74) is 4.24. The van der Waals surface area contributed by atoms with Crippen molar-refractivity contribution in [3.05, 3.63) is 95.1 Å². The molecular formula is C24H20N4O3S2. The number of fused-ring (bicyclic) bond motifs is 1. The van der Waals surface area contributed by atoms with Gasteiger partial charge in [0.2, 0.25) is 10.0 Å². The van der Waals surface area contributed by atoms with Gasteiger partial charge >= 0.3 is 0 Å². The molecule has 2 aromatic carbocycles. The van der Waals surface area contributed by atoms with E-state index in [1.165, 1.54) is 45.5 Å². The van der Waals surface area contributed by atoms with E-state index >= 15 is 0 Å². The third-order valence-electron chi connectivity index (χ3n) is 5.55. The van der Waals surface area contributed by atoms with E-state index in [4.69, 9.17) is 0 Å². The molecule has 9 heteroatoms. The summed E-state index contributed by atoms with van der Waals surface area (Å²) in [6.45, 7) is 0.788. The molecule has 4 aromatic rings. The zero-order valence-corrected chi connectivity index (χ0v) is 19.1. The summed E-state index contributed by atoms with van der Waals surface area (Å²) in [7, 11) is -3.65. The Bertz CT molecular complexity index is 1400. The molecule has 0 bridgehead atoms. The molecule has 0 radical (unpaired) electrons.